The normalized spacial score (nSPS) is 11.3. The topological polar surface area (TPSA) is 66.9 Å². The highest BCUT2D eigenvalue weighted by molar-refractivity contribution is 6.30. The number of carbonyl (C=O) groups excluding carboxylic acids is 1. The number of nitrogens with zero attached hydrogens (tertiary/aromatic N) is 2. The quantitative estimate of drug-likeness (QED) is 0.820. The van der Waals surface area contributed by atoms with Gasteiger partial charge in [0.25, 0.3) is 0 Å². The minimum Gasteiger partial charge on any atom is -0.369 e. The fourth-order valence-electron chi connectivity index (χ4n) is 1.64. The summed E-state index contributed by atoms with van der Waals surface area (Å²) in [5.41, 5.74) is 0.598. The summed E-state index contributed by atoms with van der Waals surface area (Å²) in [6.07, 6.45) is 1.11. The van der Waals surface area contributed by atoms with Gasteiger partial charge in [-0.1, -0.05) is 18.5 Å². The Balaban J connectivity index is 2.58. The van der Waals surface area contributed by atoms with Crippen molar-refractivity contribution in [2.45, 2.75) is 53.0 Å². The molecule has 0 fully saturated rings. The van der Waals surface area contributed by atoms with E-state index >= 15 is 0 Å². The fourth-order valence-corrected chi connectivity index (χ4v) is 1.83. The summed E-state index contributed by atoms with van der Waals surface area (Å²) in [6.45, 7) is 10.2. The number of aryl methyl sites for hydroxylation is 1. The van der Waals surface area contributed by atoms with Crippen LogP contribution >= 0.6 is 11.6 Å². The smallest absolute Gasteiger partial charge is 0.222 e. The molecule has 0 atom stereocenters. The Morgan fingerprint density at radius 2 is 1.95 bits per heavy atom. The van der Waals surface area contributed by atoms with Crippen LogP contribution in [0.2, 0.25) is 5.15 Å². The molecule has 0 aromatic carbocycles. The molecule has 0 aliphatic carbocycles. The van der Waals surface area contributed by atoms with Gasteiger partial charge in [0.05, 0.1) is 0 Å². The molecular formula is C14H23ClN4O. The lowest BCUT2D eigenvalue weighted by Gasteiger charge is -2.20. The van der Waals surface area contributed by atoms with E-state index in [-0.39, 0.29) is 11.4 Å². The summed E-state index contributed by atoms with van der Waals surface area (Å²) >= 11 is 6.06. The van der Waals surface area contributed by atoms with Crippen molar-refractivity contribution in [3.05, 3.63) is 16.5 Å². The molecule has 0 radical (unpaired) electrons. The zero-order valence-corrected chi connectivity index (χ0v) is 13.6. The first-order valence-electron chi connectivity index (χ1n) is 6.81. The Kier molecular flexibility index (Phi) is 5.74. The van der Waals surface area contributed by atoms with Crippen LogP contribution in [0.4, 0.5) is 5.82 Å². The lowest BCUT2D eigenvalue weighted by Crippen LogP contribution is -2.41. The summed E-state index contributed by atoms with van der Waals surface area (Å²) in [5, 5.41) is 6.52. The van der Waals surface area contributed by atoms with Gasteiger partial charge >= 0.3 is 0 Å². The van der Waals surface area contributed by atoms with E-state index in [1.165, 1.54) is 0 Å². The maximum Gasteiger partial charge on any atom is 0.222 e. The molecule has 1 amide bonds. The number of halogens is 1. The van der Waals surface area contributed by atoms with E-state index in [0.717, 1.165) is 12.0 Å². The maximum atomic E-state index is 11.7. The van der Waals surface area contributed by atoms with E-state index in [1.54, 1.807) is 0 Å². The van der Waals surface area contributed by atoms with E-state index in [2.05, 4.69) is 20.6 Å². The van der Waals surface area contributed by atoms with Crippen LogP contribution in [0.5, 0.6) is 0 Å². The van der Waals surface area contributed by atoms with Gasteiger partial charge in [-0.25, -0.2) is 9.97 Å². The van der Waals surface area contributed by atoms with Crippen LogP contribution in [-0.2, 0) is 11.2 Å². The molecule has 1 aromatic rings. The summed E-state index contributed by atoms with van der Waals surface area (Å²) < 4.78 is 0. The molecule has 0 bridgehead atoms. The van der Waals surface area contributed by atoms with Crippen molar-refractivity contribution in [3.63, 3.8) is 0 Å². The molecule has 0 saturated heterocycles. The molecule has 0 aliphatic heterocycles. The predicted octanol–water partition coefficient (Wildman–Crippen LogP) is 2.72. The van der Waals surface area contributed by atoms with Crippen molar-refractivity contribution in [2.24, 2.45) is 0 Å². The summed E-state index contributed by atoms with van der Waals surface area (Å²) in [6, 6.07) is 0. The molecule has 1 rings (SSSR count). The van der Waals surface area contributed by atoms with Gasteiger partial charge in [-0.3, -0.25) is 4.79 Å². The molecule has 1 aromatic heterocycles. The number of aromatic nitrogens is 2. The number of anilines is 1. The molecular weight excluding hydrogens is 276 g/mol. The van der Waals surface area contributed by atoms with Crippen LogP contribution in [0.1, 0.15) is 45.5 Å². The van der Waals surface area contributed by atoms with Crippen molar-refractivity contribution < 1.29 is 4.79 Å². The molecule has 0 unspecified atom stereocenters. The second kappa shape index (κ2) is 6.88. The first-order valence-corrected chi connectivity index (χ1v) is 7.18. The average Bonchev–Trinajstić information content (AvgIpc) is 2.31. The van der Waals surface area contributed by atoms with Crippen LogP contribution in [0, 0.1) is 6.92 Å². The van der Waals surface area contributed by atoms with Crippen molar-refractivity contribution in [1.29, 1.82) is 0 Å². The summed E-state index contributed by atoms with van der Waals surface area (Å²) in [5.74, 6) is 1.41. The van der Waals surface area contributed by atoms with E-state index < -0.39 is 0 Å². The molecule has 0 aliphatic rings. The molecule has 1 heterocycles. The Morgan fingerprint density at radius 3 is 2.50 bits per heavy atom. The average molecular weight is 299 g/mol. The zero-order chi connectivity index (χ0) is 15.3. The van der Waals surface area contributed by atoms with Gasteiger partial charge in [0.2, 0.25) is 5.91 Å². The third-order valence-electron chi connectivity index (χ3n) is 2.61. The summed E-state index contributed by atoms with van der Waals surface area (Å²) in [7, 11) is 0. The molecule has 5 nitrogen and oxygen atoms in total. The minimum absolute atomic E-state index is 0.0125. The van der Waals surface area contributed by atoms with Crippen LogP contribution in [-0.4, -0.2) is 28.0 Å². The third kappa shape index (κ3) is 5.33. The van der Waals surface area contributed by atoms with Crippen molar-refractivity contribution in [3.8, 4) is 0 Å². The molecule has 20 heavy (non-hydrogen) atoms. The van der Waals surface area contributed by atoms with Crippen LogP contribution < -0.4 is 10.6 Å². The Bertz CT molecular complexity index is 483. The predicted molar refractivity (Wildman–Crippen MR) is 82.2 cm³/mol. The largest absolute Gasteiger partial charge is 0.369 e. The number of amides is 1. The molecule has 112 valence electrons. The Morgan fingerprint density at radius 1 is 1.30 bits per heavy atom. The number of hydrogen-bond donors (Lipinski definition) is 2. The number of nitrogens with one attached hydrogen (secondary N) is 2. The SMILES string of the molecule is CCc1nc(Cl)c(C)c(NCCC(=O)NC(C)(C)C)n1. The van der Waals surface area contributed by atoms with Gasteiger partial charge < -0.3 is 10.6 Å². The molecule has 0 spiro atoms. The van der Waals surface area contributed by atoms with Gasteiger partial charge in [0.1, 0.15) is 16.8 Å². The first-order chi connectivity index (χ1) is 9.23. The second-order valence-corrected chi connectivity index (χ2v) is 6.09. The van der Waals surface area contributed by atoms with Crippen molar-refractivity contribution in [1.82, 2.24) is 15.3 Å². The van der Waals surface area contributed by atoms with E-state index in [4.69, 9.17) is 11.6 Å². The van der Waals surface area contributed by atoms with Crippen molar-refractivity contribution in [2.75, 3.05) is 11.9 Å². The van der Waals surface area contributed by atoms with E-state index in [9.17, 15) is 4.79 Å². The highest BCUT2D eigenvalue weighted by atomic mass is 35.5. The molecule has 0 saturated carbocycles. The van der Waals surface area contributed by atoms with E-state index in [1.807, 2.05) is 34.6 Å². The number of rotatable bonds is 5. The minimum atomic E-state index is -0.208. The standard InChI is InChI=1S/C14H23ClN4O/c1-6-10-17-12(15)9(2)13(18-10)16-8-7-11(20)19-14(3,4)5/h6-8H2,1-5H3,(H,19,20)(H,16,17,18). The fraction of sp³-hybridized carbons (Fsp3) is 0.643. The number of hydrogen-bond acceptors (Lipinski definition) is 4. The monoisotopic (exact) mass is 298 g/mol. The lowest BCUT2D eigenvalue weighted by molar-refractivity contribution is -0.122. The zero-order valence-electron chi connectivity index (χ0n) is 12.8. The maximum absolute atomic E-state index is 11.7. The Labute approximate surface area is 125 Å². The van der Waals surface area contributed by atoms with Crippen LogP contribution in [0.3, 0.4) is 0 Å². The van der Waals surface area contributed by atoms with Crippen LogP contribution in [0.25, 0.3) is 0 Å². The van der Waals surface area contributed by atoms with E-state index in [0.29, 0.717) is 29.8 Å². The highest BCUT2D eigenvalue weighted by Gasteiger charge is 2.14. The molecule has 6 heteroatoms. The Hall–Kier alpha value is -1.36. The van der Waals surface area contributed by atoms with Gasteiger partial charge in [0, 0.05) is 30.5 Å². The third-order valence-corrected chi connectivity index (χ3v) is 2.98. The first kappa shape index (κ1) is 16.7. The lowest BCUT2D eigenvalue weighted by atomic mass is 10.1. The summed E-state index contributed by atoms with van der Waals surface area (Å²) in [4.78, 5) is 20.3. The van der Waals surface area contributed by atoms with Crippen molar-refractivity contribution >= 4 is 23.3 Å². The van der Waals surface area contributed by atoms with Gasteiger partial charge in [-0.2, -0.15) is 0 Å². The van der Waals surface area contributed by atoms with Crippen LogP contribution in [0.15, 0.2) is 0 Å². The van der Waals surface area contributed by atoms with Gasteiger partial charge in [0.15, 0.2) is 0 Å². The molecule has 2 N–H and O–H groups in total. The van der Waals surface area contributed by atoms with Gasteiger partial charge in [-0.05, 0) is 27.7 Å². The highest BCUT2D eigenvalue weighted by Crippen LogP contribution is 2.19. The number of carbonyl (C=O) groups is 1. The second-order valence-electron chi connectivity index (χ2n) is 5.73. The van der Waals surface area contributed by atoms with Gasteiger partial charge in [-0.15, -0.1) is 0 Å².